The van der Waals surface area contributed by atoms with Crippen molar-refractivity contribution in [3.8, 4) is 22.8 Å². The molecule has 21 heavy (non-hydrogen) atoms. The van der Waals surface area contributed by atoms with Gasteiger partial charge in [0.25, 0.3) is 0 Å². The van der Waals surface area contributed by atoms with E-state index in [1.165, 1.54) is 0 Å². The van der Waals surface area contributed by atoms with E-state index in [1.54, 1.807) is 0 Å². The maximum absolute atomic E-state index is 5.93. The minimum absolute atomic E-state index is 0.353. The van der Waals surface area contributed by atoms with Crippen LogP contribution in [-0.2, 0) is 0 Å². The first kappa shape index (κ1) is 14.0. The van der Waals surface area contributed by atoms with E-state index >= 15 is 0 Å². The predicted octanol–water partition coefficient (Wildman–Crippen LogP) is 4.68. The van der Waals surface area contributed by atoms with Crippen molar-refractivity contribution in [2.45, 2.75) is 4.84 Å². The largest absolute Gasteiger partial charge is 0.210 e. The van der Waals surface area contributed by atoms with Crippen molar-refractivity contribution in [2.24, 2.45) is 0 Å². The fraction of sp³-hybridized carbons (Fsp3) is 0.0625. The molecule has 0 atom stereocenters. The maximum atomic E-state index is 5.93. The number of benzene rings is 2. The third-order valence-corrected chi connectivity index (χ3v) is 3.30. The van der Waals surface area contributed by atoms with Crippen molar-refractivity contribution in [1.82, 2.24) is 15.0 Å². The average Bonchev–Trinajstić information content (AvgIpc) is 2.56. The van der Waals surface area contributed by atoms with Gasteiger partial charge in [-0.15, -0.1) is 0 Å². The molecule has 0 saturated heterocycles. The van der Waals surface area contributed by atoms with Crippen molar-refractivity contribution in [1.29, 1.82) is 0 Å². The lowest BCUT2D eigenvalue weighted by Crippen LogP contribution is -2.02. The van der Waals surface area contributed by atoms with Crippen LogP contribution in [0.1, 0.15) is 10.7 Å². The lowest BCUT2D eigenvalue weighted by Gasteiger charge is -2.08. The summed E-state index contributed by atoms with van der Waals surface area (Å²) in [5.74, 6) is 1.47. The summed E-state index contributed by atoms with van der Waals surface area (Å²) in [6.07, 6.45) is 0. The molecule has 1 heterocycles. The van der Waals surface area contributed by atoms with Gasteiger partial charge in [0.2, 0.25) is 0 Å². The minimum atomic E-state index is -0.794. The number of aromatic nitrogens is 3. The van der Waals surface area contributed by atoms with Crippen LogP contribution in [0.2, 0.25) is 0 Å². The molecule has 2 aromatic carbocycles. The van der Waals surface area contributed by atoms with Gasteiger partial charge in [-0.05, 0) is 0 Å². The number of halogens is 2. The van der Waals surface area contributed by atoms with E-state index in [0.717, 1.165) is 11.1 Å². The van der Waals surface area contributed by atoms with Crippen LogP contribution in [0.15, 0.2) is 60.7 Å². The fourth-order valence-electron chi connectivity index (χ4n) is 1.92. The zero-order valence-electron chi connectivity index (χ0n) is 10.9. The van der Waals surface area contributed by atoms with Gasteiger partial charge >= 0.3 is 0 Å². The third-order valence-electron chi connectivity index (χ3n) is 2.91. The van der Waals surface area contributed by atoms with E-state index in [-0.39, 0.29) is 0 Å². The molecule has 0 aliphatic carbocycles. The Labute approximate surface area is 132 Å². The molecule has 1 aromatic heterocycles. The number of nitrogens with zero attached hydrogens (tertiary/aromatic N) is 3. The van der Waals surface area contributed by atoms with Gasteiger partial charge in [-0.2, -0.15) is 0 Å². The summed E-state index contributed by atoms with van der Waals surface area (Å²) < 4.78 is 0. The molecule has 0 aliphatic heterocycles. The second-order valence-electron chi connectivity index (χ2n) is 4.37. The smallest absolute Gasteiger partial charge is 0.167 e. The lowest BCUT2D eigenvalue weighted by molar-refractivity contribution is 0.963. The number of rotatable bonds is 3. The normalized spacial score (nSPS) is 10.8. The summed E-state index contributed by atoms with van der Waals surface area (Å²) in [7, 11) is 0. The fourth-order valence-corrected chi connectivity index (χ4v) is 2.12. The van der Waals surface area contributed by atoms with Gasteiger partial charge in [-0.25, -0.2) is 15.0 Å². The Balaban J connectivity index is 2.16. The van der Waals surface area contributed by atoms with Crippen LogP contribution in [0.25, 0.3) is 22.8 Å². The predicted molar refractivity (Wildman–Crippen MR) is 85.1 cm³/mol. The molecular formula is C16H11Cl2N3. The summed E-state index contributed by atoms with van der Waals surface area (Å²) >= 11 is 11.9. The molecule has 0 amide bonds. The average molecular weight is 316 g/mol. The SMILES string of the molecule is ClC(Cl)c1nc(-c2ccccc2)nc(-c2ccccc2)n1. The van der Waals surface area contributed by atoms with Gasteiger partial charge in [0.15, 0.2) is 22.3 Å². The molecule has 0 bridgehead atoms. The van der Waals surface area contributed by atoms with E-state index in [9.17, 15) is 0 Å². The summed E-state index contributed by atoms with van der Waals surface area (Å²) in [5.41, 5.74) is 1.79. The van der Waals surface area contributed by atoms with Crippen LogP contribution in [0.3, 0.4) is 0 Å². The molecule has 0 radical (unpaired) electrons. The number of hydrogen-bond donors (Lipinski definition) is 0. The molecule has 104 valence electrons. The molecule has 0 saturated carbocycles. The van der Waals surface area contributed by atoms with Crippen molar-refractivity contribution < 1.29 is 0 Å². The zero-order valence-corrected chi connectivity index (χ0v) is 12.5. The van der Waals surface area contributed by atoms with E-state index < -0.39 is 4.84 Å². The monoisotopic (exact) mass is 315 g/mol. The first-order valence-electron chi connectivity index (χ1n) is 6.39. The van der Waals surface area contributed by atoms with Crippen LogP contribution in [0.5, 0.6) is 0 Å². The van der Waals surface area contributed by atoms with Crippen molar-refractivity contribution in [3.63, 3.8) is 0 Å². The van der Waals surface area contributed by atoms with Crippen molar-refractivity contribution in [2.75, 3.05) is 0 Å². The molecule has 0 N–H and O–H groups in total. The van der Waals surface area contributed by atoms with Crippen LogP contribution in [0, 0.1) is 0 Å². The van der Waals surface area contributed by atoms with Crippen molar-refractivity contribution >= 4 is 23.2 Å². The molecule has 3 aromatic rings. The molecule has 0 unspecified atom stereocenters. The highest BCUT2D eigenvalue weighted by Crippen LogP contribution is 2.26. The molecule has 0 fully saturated rings. The van der Waals surface area contributed by atoms with Crippen molar-refractivity contribution in [3.05, 3.63) is 66.5 Å². The molecule has 5 heteroatoms. The topological polar surface area (TPSA) is 38.7 Å². The van der Waals surface area contributed by atoms with E-state index in [0.29, 0.717) is 17.5 Å². The molecular weight excluding hydrogens is 305 g/mol. The number of hydrogen-bond acceptors (Lipinski definition) is 3. The van der Waals surface area contributed by atoms with E-state index in [1.807, 2.05) is 60.7 Å². The maximum Gasteiger partial charge on any atom is 0.167 e. The van der Waals surface area contributed by atoms with Crippen LogP contribution < -0.4 is 0 Å². The molecule has 3 nitrogen and oxygen atoms in total. The highest BCUT2D eigenvalue weighted by atomic mass is 35.5. The molecule has 0 spiro atoms. The quantitative estimate of drug-likeness (QED) is 0.658. The first-order chi connectivity index (χ1) is 10.2. The zero-order chi connectivity index (χ0) is 14.7. The summed E-state index contributed by atoms with van der Waals surface area (Å²) in [6, 6.07) is 19.3. The Morgan fingerprint density at radius 1 is 0.619 bits per heavy atom. The highest BCUT2D eigenvalue weighted by molar-refractivity contribution is 6.43. The van der Waals surface area contributed by atoms with Gasteiger partial charge in [0.1, 0.15) is 0 Å². The van der Waals surface area contributed by atoms with Crippen LogP contribution in [0.4, 0.5) is 0 Å². The second kappa shape index (κ2) is 6.20. The Kier molecular flexibility index (Phi) is 4.13. The van der Waals surface area contributed by atoms with Gasteiger partial charge in [-0.3, -0.25) is 0 Å². The number of alkyl halides is 2. The van der Waals surface area contributed by atoms with Gasteiger partial charge in [-0.1, -0.05) is 83.9 Å². The Morgan fingerprint density at radius 3 is 1.43 bits per heavy atom. The van der Waals surface area contributed by atoms with Crippen LogP contribution in [-0.4, -0.2) is 15.0 Å². The molecule has 3 rings (SSSR count). The summed E-state index contributed by atoms with van der Waals surface area (Å²) in [4.78, 5) is 12.4. The summed E-state index contributed by atoms with van der Waals surface area (Å²) in [6.45, 7) is 0. The van der Waals surface area contributed by atoms with Gasteiger partial charge < -0.3 is 0 Å². The van der Waals surface area contributed by atoms with Gasteiger partial charge in [0, 0.05) is 11.1 Å². The minimum Gasteiger partial charge on any atom is -0.210 e. The third kappa shape index (κ3) is 3.20. The Bertz CT molecular complexity index is 673. The van der Waals surface area contributed by atoms with E-state index in [4.69, 9.17) is 23.2 Å². The summed E-state index contributed by atoms with van der Waals surface area (Å²) in [5, 5.41) is 0. The second-order valence-corrected chi connectivity index (χ2v) is 5.47. The lowest BCUT2D eigenvalue weighted by atomic mass is 10.2. The van der Waals surface area contributed by atoms with Gasteiger partial charge in [0.05, 0.1) is 0 Å². The Morgan fingerprint density at radius 2 is 1.05 bits per heavy atom. The standard InChI is InChI=1S/C16H11Cl2N3/c17-13(18)16-20-14(11-7-3-1-4-8-11)19-15(21-16)12-9-5-2-6-10-12/h1-10,13H. The van der Waals surface area contributed by atoms with Crippen LogP contribution >= 0.6 is 23.2 Å². The highest BCUT2D eigenvalue weighted by Gasteiger charge is 2.14. The Hall–Kier alpha value is -1.97. The molecule has 0 aliphatic rings. The first-order valence-corrected chi connectivity index (χ1v) is 7.26. The van der Waals surface area contributed by atoms with E-state index in [2.05, 4.69) is 15.0 Å².